The predicted octanol–water partition coefficient (Wildman–Crippen LogP) is 2.47. The first-order valence-corrected chi connectivity index (χ1v) is 4.46. The smallest absolute Gasteiger partial charge is 0.307 e. The molecule has 1 N–H and O–H groups in total. The van der Waals surface area contributed by atoms with Crippen LogP contribution in [0.5, 0.6) is 0 Å². The molecule has 0 amide bonds. The number of hydrogen-bond acceptors (Lipinski definition) is 1. The number of carbonyl (C=O) groups is 1. The lowest BCUT2D eigenvalue weighted by atomic mass is 10.0. The first kappa shape index (κ1) is 8.75. The highest BCUT2D eigenvalue weighted by Crippen LogP contribution is 2.18. The van der Waals surface area contributed by atoms with Crippen LogP contribution < -0.4 is 0 Å². The first-order valence-electron chi connectivity index (χ1n) is 4.46. The van der Waals surface area contributed by atoms with Crippen molar-refractivity contribution in [2.24, 2.45) is 0 Å². The number of fused-ring (bicyclic) bond motifs is 1. The van der Waals surface area contributed by atoms with E-state index in [0.717, 1.165) is 16.3 Å². The van der Waals surface area contributed by atoms with Crippen LogP contribution in [-0.2, 0) is 11.2 Å². The van der Waals surface area contributed by atoms with Gasteiger partial charge in [-0.2, -0.15) is 0 Å². The standard InChI is InChI=1S/C12H10O2/c13-12(14)8-10-6-3-5-9-4-1-2-7-11(9)10/h1-7H,8H2,(H,13,14)/i12+1. The Bertz CT molecular complexity index is 469. The van der Waals surface area contributed by atoms with Crippen LogP contribution in [-0.4, -0.2) is 11.1 Å². The highest BCUT2D eigenvalue weighted by atomic mass is 16.5. The third kappa shape index (κ3) is 1.59. The van der Waals surface area contributed by atoms with E-state index in [2.05, 4.69) is 0 Å². The van der Waals surface area contributed by atoms with E-state index >= 15 is 0 Å². The number of rotatable bonds is 2. The molecule has 0 heterocycles. The molecule has 0 unspecified atom stereocenters. The molecule has 2 heteroatoms. The van der Waals surface area contributed by atoms with Gasteiger partial charge in [-0.3, -0.25) is 4.79 Å². The van der Waals surface area contributed by atoms with Crippen molar-refractivity contribution in [1.82, 2.24) is 0 Å². The summed E-state index contributed by atoms with van der Waals surface area (Å²) in [4.78, 5) is 10.6. The Morgan fingerprint density at radius 3 is 2.57 bits per heavy atom. The van der Waals surface area contributed by atoms with Crippen molar-refractivity contribution in [3.05, 3.63) is 48.0 Å². The fraction of sp³-hybridized carbons (Fsp3) is 0.0833. The second-order valence-corrected chi connectivity index (χ2v) is 3.21. The van der Waals surface area contributed by atoms with Gasteiger partial charge >= 0.3 is 5.97 Å². The first-order chi connectivity index (χ1) is 6.77. The van der Waals surface area contributed by atoms with Crippen molar-refractivity contribution >= 4 is 16.7 Å². The Balaban J connectivity index is 2.59. The number of carboxylic acid groups (broad SMARTS) is 1. The molecule has 0 aromatic heterocycles. The molecule has 0 aliphatic rings. The van der Waals surface area contributed by atoms with Crippen LogP contribution >= 0.6 is 0 Å². The molecule has 0 spiro atoms. The molecule has 0 saturated carbocycles. The van der Waals surface area contributed by atoms with Gasteiger partial charge in [0.25, 0.3) is 0 Å². The van der Waals surface area contributed by atoms with E-state index in [1.807, 2.05) is 42.5 Å². The highest BCUT2D eigenvalue weighted by molar-refractivity contribution is 5.88. The predicted molar refractivity (Wildman–Crippen MR) is 55.3 cm³/mol. The summed E-state index contributed by atoms with van der Waals surface area (Å²) in [5, 5.41) is 10.8. The van der Waals surface area contributed by atoms with Gasteiger partial charge in [-0.25, -0.2) is 0 Å². The maximum absolute atomic E-state index is 10.6. The second kappa shape index (κ2) is 3.50. The van der Waals surface area contributed by atoms with Gasteiger partial charge in [0.05, 0.1) is 6.42 Å². The zero-order valence-electron chi connectivity index (χ0n) is 7.60. The Morgan fingerprint density at radius 2 is 1.79 bits per heavy atom. The summed E-state index contributed by atoms with van der Waals surface area (Å²) in [6.07, 6.45) is 0.0847. The van der Waals surface area contributed by atoms with Gasteiger partial charge in [-0.05, 0) is 16.3 Å². The van der Waals surface area contributed by atoms with Crippen LogP contribution in [0.1, 0.15) is 5.56 Å². The molecule has 0 aliphatic carbocycles. The average Bonchev–Trinajstić information content (AvgIpc) is 2.18. The third-order valence-corrected chi connectivity index (χ3v) is 2.22. The minimum absolute atomic E-state index is 0.0847. The van der Waals surface area contributed by atoms with E-state index < -0.39 is 5.97 Å². The fourth-order valence-corrected chi connectivity index (χ4v) is 1.61. The van der Waals surface area contributed by atoms with Gasteiger partial charge in [0.15, 0.2) is 0 Å². The topological polar surface area (TPSA) is 37.3 Å². The zero-order valence-corrected chi connectivity index (χ0v) is 7.60. The van der Waals surface area contributed by atoms with E-state index in [-0.39, 0.29) is 6.42 Å². The molecule has 2 aromatic rings. The van der Waals surface area contributed by atoms with Gasteiger partial charge in [-0.1, -0.05) is 42.5 Å². The lowest BCUT2D eigenvalue weighted by molar-refractivity contribution is -0.136. The molecule has 2 aromatic carbocycles. The Morgan fingerprint density at radius 1 is 1.07 bits per heavy atom. The van der Waals surface area contributed by atoms with E-state index in [1.165, 1.54) is 0 Å². The van der Waals surface area contributed by atoms with Gasteiger partial charge in [0, 0.05) is 0 Å². The number of hydrogen-bond donors (Lipinski definition) is 1. The molecule has 2 rings (SSSR count). The fourth-order valence-electron chi connectivity index (χ4n) is 1.61. The van der Waals surface area contributed by atoms with Crippen molar-refractivity contribution in [3.8, 4) is 0 Å². The third-order valence-electron chi connectivity index (χ3n) is 2.22. The molecule has 2 nitrogen and oxygen atoms in total. The number of aliphatic carboxylic acids is 1. The van der Waals surface area contributed by atoms with Gasteiger partial charge in [-0.15, -0.1) is 0 Å². The maximum Gasteiger partial charge on any atom is 0.307 e. The number of carboxylic acids is 1. The van der Waals surface area contributed by atoms with Crippen molar-refractivity contribution in [1.29, 1.82) is 0 Å². The quantitative estimate of drug-likeness (QED) is 0.733. The molecular formula is C12H10O2. The van der Waals surface area contributed by atoms with Crippen molar-refractivity contribution in [2.75, 3.05) is 0 Å². The summed E-state index contributed by atoms with van der Waals surface area (Å²) in [5.74, 6) is -0.790. The van der Waals surface area contributed by atoms with Crippen LogP contribution in [0, 0.1) is 0 Å². The molecule has 14 heavy (non-hydrogen) atoms. The summed E-state index contributed by atoms with van der Waals surface area (Å²) < 4.78 is 0. The minimum Gasteiger partial charge on any atom is -0.481 e. The maximum atomic E-state index is 10.6. The summed E-state index contributed by atoms with van der Waals surface area (Å²) in [6, 6.07) is 13.5. The van der Waals surface area contributed by atoms with Crippen molar-refractivity contribution in [3.63, 3.8) is 0 Å². The number of benzene rings is 2. The second-order valence-electron chi connectivity index (χ2n) is 3.21. The zero-order chi connectivity index (χ0) is 9.97. The molecule has 0 aliphatic heterocycles. The van der Waals surface area contributed by atoms with Crippen LogP contribution in [0.25, 0.3) is 10.8 Å². The van der Waals surface area contributed by atoms with Gasteiger partial charge in [0.1, 0.15) is 0 Å². The Kier molecular flexibility index (Phi) is 2.19. The van der Waals surface area contributed by atoms with E-state index in [4.69, 9.17) is 5.11 Å². The molecule has 0 bridgehead atoms. The minimum atomic E-state index is -0.790. The lowest BCUT2D eigenvalue weighted by Crippen LogP contribution is -2.00. The Labute approximate surface area is 81.8 Å². The van der Waals surface area contributed by atoms with E-state index in [1.54, 1.807) is 0 Å². The summed E-state index contributed by atoms with van der Waals surface area (Å²) in [7, 11) is 0. The van der Waals surface area contributed by atoms with Crippen molar-refractivity contribution < 1.29 is 9.90 Å². The van der Waals surface area contributed by atoms with E-state index in [0.29, 0.717) is 0 Å². The molecule has 70 valence electrons. The summed E-state index contributed by atoms with van der Waals surface area (Å²) in [5.41, 5.74) is 0.871. The van der Waals surface area contributed by atoms with Crippen molar-refractivity contribution in [2.45, 2.75) is 6.42 Å². The summed E-state index contributed by atoms with van der Waals surface area (Å²) in [6.45, 7) is 0. The molecular weight excluding hydrogens is 177 g/mol. The summed E-state index contributed by atoms with van der Waals surface area (Å²) >= 11 is 0. The highest BCUT2D eigenvalue weighted by Gasteiger charge is 2.03. The van der Waals surface area contributed by atoms with Crippen LogP contribution in [0.3, 0.4) is 0 Å². The van der Waals surface area contributed by atoms with E-state index in [9.17, 15) is 4.79 Å². The Hall–Kier alpha value is -1.83. The van der Waals surface area contributed by atoms with Crippen LogP contribution in [0.2, 0.25) is 0 Å². The molecule has 0 atom stereocenters. The van der Waals surface area contributed by atoms with Gasteiger partial charge in [0.2, 0.25) is 0 Å². The molecule has 0 fully saturated rings. The normalized spacial score (nSPS) is 10.3. The lowest BCUT2D eigenvalue weighted by Gasteiger charge is -2.02. The van der Waals surface area contributed by atoms with Gasteiger partial charge < -0.3 is 5.11 Å². The average molecular weight is 187 g/mol. The molecule has 0 radical (unpaired) electrons. The molecule has 0 saturated heterocycles. The SMILES string of the molecule is O=[13C](O)Cc1cccc2ccccc12. The largest absolute Gasteiger partial charge is 0.481 e. The van der Waals surface area contributed by atoms with Crippen LogP contribution in [0.15, 0.2) is 42.5 Å². The van der Waals surface area contributed by atoms with Crippen LogP contribution in [0.4, 0.5) is 0 Å². The monoisotopic (exact) mass is 187 g/mol.